The Bertz CT molecular complexity index is 1020. The van der Waals surface area contributed by atoms with Crippen LogP contribution in [0, 0.1) is 0 Å². The molecule has 0 bridgehead atoms. The fourth-order valence-electron chi connectivity index (χ4n) is 3.52. The summed E-state index contributed by atoms with van der Waals surface area (Å²) in [5, 5.41) is 2.87. The van der Waals surface area contributed by atoms with Crippen LogP contribution in [0.2, 0.25) is 0 Å². The van der Waals surface area contributed by atoms with E-state index in [0.29, 0.717) is 6.54 Å². The average molecular weight is 447 g/mol. The van der Waals surface area contributed by atoms with Gasteiger partial charge in [-0.15, -0.1) is 0 Å². The van der Waals surface area contributed by atoms with E-state index in [0.717, 1.165) is 38.3 Å². The predicted octanol–water partition coefficient (Wildman–Crippen LogP) is 1.28. The summed E-state index contributed by atoms with van der Waals surface area (Å²) in [6.07, 6.45) is 0. The molecular formula is C22H30N4O4S. The number of ether oxygens (including phenoxy) is 1. The third kappa shape index (κ3) is 6.04. The molecule has 1 fully saturated rings. The highest BCUT2D eigenvalue weighted by Crippen LogP contribution is 2.24. The van der Waals surface area contributed by atoms with Gasteiger partial charge in [0.2, 0.25) is 10.0 Å². The van der Waals surface area contributed by atoms with E-state index < -0.39 is 10.0 Å². The number of carbonyl (C=O) groups is 1. The van der Waals surface area contributed by atoms with E-state index in [9.17, 15) is 13.2 Å². The van der Waals surface area contributed by atoms with Crippen molar-refractivity contribution in [3.05, 3.63) is 59.2 Å². The molecule has 1 amide bonds. The topological polar surface area (TPSA) is 91.0 Å². The lowest BCUT2D eigenvalue weighted by Gasteiger charge is -2.32. The first kappa shape index (κ1) is 23.2. The van der Waals surface area contributed by atoms with Crippen LogP contribution >= 0.6 is 0 Å². The molecule has 0 unspecified atom stereocenters. The van der Waals surface area contributed by atoms with Gasteiger partial charge in [0.15, 0.2) is 0 Å². The van der Waals surface area contributed by atoms with Crippen LogP contribution in [0.5, 0.6) is 5.75 Å². The van der Waals surface area contributed by atoms with Crippen LogP contribution < -0.4 is 14.8 Å². The fourth-order valence-corrected chi connectivity index (χ4v) is 4.44. The Kier molecular flexibility index (Phi) is 7.66. The molecule has 1 saturated heterocycles. The molecule has 1 heterocycles. The number of methoxy groups -OCH3 is 1. The Morgan fingerprint density at radius 2 is 1.77 bits per heavy atom. The van der Waals surface area contributed by atoms with Gasteiger partial charge in [-0.25, -0.2) is 13.1 Å². The maximum atomic E-state index is 12.6. The summed E-state index contributed by atoms with van der Waals surface area (Å²) in [5.74, 6) is -0.165. The van der Waals surface area contributed by atoms with Crippen LogP contribution in [0.1, 0.15) is 21.5 Å². The van der Waals surface area contributed by atoms with Crippen LogP contribution in [0.25, 0.3) is 0 Å². The lowest BCUT2D eigenvalue weighted by atomic mass is 10.1. The molecule has 0 radical (unpaired) electrons. The van der Waals surface area contributed by atoms with E-state index in [2.05, 4.69) is 39.0 Å². The number of piperazine rings is 1. The highest BCUT2D eigenvalue weighted by molar-refractivity contribution is 7.89. The van der Waals surface area contributed by atoms with Crippen molar-refractivity contribution in [2.45, 2.75) is 18.0 Å². The Morgan fingerprint density at radius 1 is 1.06 bits per heavy atom. The number of amides is 1. The first-order valence-corrected chi connectivity index (χ1v) is 11.7. The normalized spacial score (nSPS) is 15.6. The van der Waals surface area contributed by atoms with Crippen LogP contribution in [-0.4, -0.2) is 71.5 Å². The Hall–Kier alpha value is -2.46. The number of sulfonamides is 1. The smallest absolute Gasteiger partial charge is 0.251 e. The first-order chi connectivity index (χ1) is 14.8. The van der Waals surface area contributed by atoms with Gasteiger partial charge >= 0.3 is 0 Å². The average Bonchev–Trinajstić information content (AvgIpc) is 2.79. The summed E-state index contributed by atoms with van der Waals surface area (Å²) in [6.45, 7) is 5.49. The maximum Gasteiger partial charge on any atom is 0.251 e. The van der Waals surface area contributed by atoms with E-state index in [-0.39, 0.29) is 22.1 Å². The van der Waals surface area contributed by atoms with Crippen molar-refractivity contribution in [1.29, 1.82) is 0 Å². The summed E-state index contributed by atoms with van der Waals surface area (Å²) >= 11 is 0. The van der Waals surface area contributed by atoms with Gasteiger partial charge in [-0.3, -0.25) is 9.69 Å². The minimum Gasteiger partial charge on any atom is -0.495 e. The van der Waals surface area contributed by atoms with Crippen molar-refractivity contribution in [3.63, 3.8) is 0 Å². The number of nitrogens with one attached hydrogen (secondary N) is 2. The number of hydrogen-bond donors (Lipinski definition) is 2. The summed E-state index contributed by atoms with van der Waals surface area (Å²) in [5.41, 5.74) is 2.46. The van der Waals surface area contributed by atoms with Gasteiger partial charge in [0, 0.05) is 44.8 Å². The molecule has 0 saturated carbocycles. The molecule has 0 atom stereocenters. The van der Waals surface area contributed by atoms with E-state index in [1.54, 1.807) is 6.07 Å². The standard InChI is InChI=1S/C22H30N4O4S/c1-23-31(28,29)21-14-19(7-8-20(21)30-3)22(27)24-15-17-5-4-6-18(13-17)16-26-11-9-25(2)10-12-26/h4-8,13-14,23H,9-12,15-16H2,1-3H3,(H,24,27). The first-order valence-electron chi connectivity index (χ1n) is 10.2. The van der Waals surface area contributed by atoms with Gasteiger partial charge in [-0.05, 0) is 43.4 Å². The van der Waals surface area contributed by atoms with Gasteiger partial charge in [-0.2, -0.15) is 0 Å². The van der Waals surface area contributed by atoms with Gasteiger partial charge in [0.1, 0.15) is 10.6 Å². The number of hydrogen-bond acceptors (Lipinski definition) is 6. The lowest BCUT2D eigenvalue weighted by molar-refractivity contribution is 0.0950. The minimum atomic E-state index is -3.75. The second-order valence-corrected chi connectivity index (χ2v) is 9.51. The zero-order valence-electron chi connectivity index (χ0n) is 18.2. The largest absolute Gasteiger partial charge is 0.495 e. The van der Waals surface area contributed by atoms with E-state index >= 15 is 0 Å². The van der Waals surface area contributed by atoms with Crippen molar-refractivity contribution < 1.29 is 17.9 Å². The van der Waals surface area contributed by atoms with Crippen LogP contribution in [0.4, 0.5) is 0 Å². The summed E-state index contributed by atoms with van der Waals surface area (Å²) in [4.78, 5) is 17.3. The molecule has 31 heavy (non-hydrogen) atoms. The van der Waals surface area contributed by atoms with Gasteiger partial charge in [-0.1, -0.05) is 24.3 Å². The summed E-state index contributed by atoms with van der Waals surface area (Å²) in [6, 6.07) is 12.5. The van der Waals surface area contributed by atoms with Gasteiger partial charge < -0.3 is 15.0 Å². The summed E-state index contributed by atoms with van der Waals surface area (Å²) in [7, 11) is 1.09. The molecule has 168 valence electrons. The van der Waals surface area contributed by atoms with E-state index in [1.807, 2.05) is 12.1 Å². The van der Waals surface area contributed by atoms with Crippen molar-refractivity contribution in [2.24, 2.45) is 0 Å². The quantitative estimate of drug-likeness (QED) is 0.635. The number of benzene rings is 2. The Balaban J connectivity index is 1.65. The second kappa shape index (κ2) is 10.2. The number of nitrogens with zero attached hydrogens (tertiary/aromatic N) is 2. The molecule has 1 aliphatic rings. The third-order valence-electron chi connectivity index (χ3n) is 5.43. The Morgan fingerprint density at radius 3 is 2.45 bits per heavy atom. The molecule has 0 aliphatic carbocycles. The summed E-state index contributed by atoms with van der Waals surface area (Å²) < 4.78 is 31.8. The van der Waals surface area contributed by atoms with Crippen molar-refractivity contribution in [3.8, 4) is 5.75 Å². The van der Waals surface area contributed by atoms with Crippen molar-refractivity contribution in [2.75, 3.05) is 47.4 Å². The monoisotopic (exact) mass is 446 g/mol. The number of carbonyl (C=O) groups excluding carboxylic acids is 1. The highest BCUT2D eigenvalue weighted by Gasteiger charge is 2.20. The molecule has 3 rings (SSSR count). The van der Waals surface area contributed by atoms with Gasteiger partial charge in [0.25, 0.3) is 5.91 Å². The van der Waals surface area contributed by atoms with E-state index in [1.165, 1.54) is 31.9 Å². The lowest BCUT2D eigenvalue weighted by Crippen LogP contribution is -2.43. The number of rotatable bonds is 8. The van der Waals surface area contributed by atoms with Crippen LogP contribution in [-0.2, 0) is 23.1 Å². The molecular weight excluding hydrogens is 416 g/mol. The Labute approximate surface area is 184 Å². The molecule has 2 aromatic rings. The van der Waals surface area contributed by atoms with Crippen molar-refractivity contribution >= 4 is 15.9 Å². The predicted molar refractivity (Wildman–Crippen MR) is 120 cm³/mol. The molecule has 2 aromatic carbocycles. The maximum absolute atomic E-state index is 12.6. The fraction of sp³-hybridized carbons (Fsp3) is 0.409. The molecule has 9 heteroatoms. The van der Waals surface area contributed by atoms with Crippen LogP contribution in [0.15, 0.2) is 47.4 Å². The minimum absolute atomic E-state index is 0.0701. The number of likely N-dealkylation sites (N-methyl/N-ethyl adjacent to an activating group) is 1. The van der Waals surface area contributed by atoms with Crippen LogP contribution in [0.3, 0.4) is 0 Å². The SMILES string of the molecule is CNS(=O)(=O)c1cc(C(=O)NCc2cccc(CN3CCN(C)CC3)c2)ccc1OC. The second-order valence-electron chi connectivity index (χ2n) is 7.66. The molecule has 0 aromatic heterocycles. The van der Waals surface area contributed by atoms with E-state index in [4.69, 9.17) is 4.74 Å². The van der Waals surface area contributed by atoms with Crippen molar-refractivity contribution in [1.82, 2.24) is 19.8 Å². The molecule has 8 nitrogen and oxygen atoms in total. The van der Waals surface area contributed by atoms with Gasteiger partial charge in [0.05, 0.1) is 7.11 Å². The highest BCUT2D eigenvalue weighted by atomic mass is 32.2. The zero-order valence-corrected chi connectivity index (χ0v) is 19.0. The third-order valence-corrected chi connectivity index (χ3v) is 6.87. The zero-order chi connectivity index (χ0) is 22.4. The molecule has 2 N–H and O–H groups in total. The molecule has 0 spiro atoms. The molecule has 1 aliphatic heterocycles.